The molecule has 206 valence electrons. The van der Waals surface area contributed by atoms with Crippen molar-refractivity contribution in [2.75, 3.05) is 26.2 Å². The second kappa shape index (κ2) is 12.7. The highest BCUT2D eigenvalue weighted by atomic mass is 35.5. The lowest BCUT2D eigenvalue weighted by atomic mass is 9.87. The Morgan fingerprint density at radius 3 is 2.02 bits per heavy atom. The minimum atomic E-state index is -0.103. The molecule has 0 spiro atoms. The molecule has 3 aromatic rings. The van der Waals surface area contributed by atoms with Crippen LogP contribution >= 0.6 is 23.2 Å². The Balaban J connectivity index is 1.35. The molecule has 2 N–H and O–H groups in total. The van der Waals surface area contributed by atoms with Gasteiger partial charge in [0.15, 0.2) is 0 Å². The smallest absolute Gasteiger partial charge is 0.257 e. The highest BCUT2D eigenvalue weighted by molar-refractivity contribution is 6.31. The van der Waals surface area contributed by atoms with Crippen molar-refractivity contribution in [2.24, 2.45) is 16.6 Å². The maximum absolute atomic E-state index is 13.9. The fraction of sp³-hybridized carbons (Fsp3) is 0.281. The second-order valence-electron chi connectivity index (χ2n) is 10.3. The number of benzene rings is 3. The predicted octanol–water partition coefficient (Wildman–Crippen LogP) is 6.48. The van der Waals surface area contributed by atoms with Gasteiger partial charge in [-0.25, -0.2) is 0 Å². The quantitative estimate of drug-likeness (QED) is 0.270. The van der Waals surface area contributed by atoms with Crippen LogP contribution in [-0.2, 0) is 4.79 Å². The molecule has 0 saturated carbocycles. The van der Waals surface area contributed by atoms with Crippen LogP contribution in [0.3, 0.4) is 0 Å². The molecule has 0 unspecified atom stereocenters. The highest BCUT2D eigenvalue weighted by Crippen LogP contribution is 2.31. The van der Waals surface area contributed by atoms with Gasteiger partial charge in [-0.15, -0.1) is 0 Å². The topological polar surface area (TPSA) is 79.0 Å². The number of amides is 2. The molecule has 0 bridgehead atoms. The minimum absolute atomic E-state index is 0.0269. The van der Waals surface area contributed by atoms with E-state index in [0.29, 0.717) is 77.5 Å². The molecule has 2 heterocycles. The monoisotopic (exact) mass is 574 g/mol. The molecule has 1 atom stereocenters. The Morgan fingerprint density at radius 1 is 0.800 bits per heavy atom. The number of carbonyl (C=O) groups excluding carboxylic acids is 2. The van der Waals surface area contributed by atoms with Crippen molar-refractivity contribution in [3.8, 4) is 0 Å². The zero-order valence-electron chi connectivity index (χ0n) is 22.2. The second-order valence-corrected chi connectivity index (χ2v) is 11.1. The Kier molecular flexibility index (Phi) is 8.88. The average molecular weight is 576 g/mol. The average Bonchev–Trinajstić information content (AvgIpc) is 3.49. The molecular weight excluding hydrogens is 543 g/mol. The van der Waals surface area contributed by atoms with Crippen LogP contribution < -0.4 is 5.73 Å². The SMILES string of the molecule is NC=C(C(=O)N1CC[C@H](c2ccccc2)C1)C(=Nc1ccc(Cl)cc1)C1CCN(C(=O)c2ccc(Cl)cc2)CC1. The lowest BCUT2D eigenvalue weighted by molar-refractivity contribution is -0.125. The van der Waals surface area contributed by atoms with Crippen LogP contribution in [0.2, 0.25) is 10.0 Å². The molecule has 3 aromatic carbocycles. The molecular formula is C32H32Cl2N4O2. The molecule has 40 heavy (non-hydrogen) atoms. The van der Waals surface area contributed by atoms with Gasteiger partial charge in [0.05, 0.1) is 17.0 Å². The summed E-state index contributed by atoms with van der Waals surface area (Å²) in [5.74, 6) is 0.133. The first-order valence-corrected chi connectivity index (χ1v) is 14.3. The maximum Gasteiger partial charge on any atom is 0.257 e. The van der Waals surface area contributed by atoms with Crippen LogP contribution in [-0.4, -0.2) is 53.5 Å². The molecule has 0 aliphatic carbocycles. The predicted molar refractivity (Wildman–Crippen MR) is 161 cm³/mol. The third-order valence-corrected chi connectivity index (χ3v) is 8.26. The van der Waals surface area contributed by atoms with Gasteiger partial charge in [0, 0.05) is 59.8 Å². The van der Waals surface area contributed by atoms with Gasteiger partial charge in [-0.2, -0.15) is 0 Å². The molecule has 8 heteroatoms. The summed E-state index contributed by atoms with van der Waals surface area (Å²) in [6, 6.07) is 24.5. The Labute approximate surface area is 245 Å². The third kappa shape index (κ3) is 6.40. The third-order valence-electron chi connectivity index (χ3n) is 7.76. The van der Waals surface area contributed by atoms with Crippen LogP contribution in [0, 0.1) is 5.92 Å². The molecule has 2 fully saturated rings. The van der Waals surface area contributed by atoms with Gasteiger partial charge in [-0.1, -0.05) is 53.5 Å². The summed E-state index contributed by atoms with van der Waals surface area (Å²) >= 11 is 12.1. The van der Waals surface area contributed by atoms with Gasteiger partial charge in [-0.05, 0) is 73.4 Å². The van der Waals surface area contributed by atoms with Gasteiger partial charge >= 0.3 is 0 Å². The molecule has 2 amide bonds. The van der Waals surface area contributed by atoms with E-state index in [-0.39, 0.29) is 17.7 Å². The summed E-state index contributed by atoms with van der Waals surface area (Å²) in [6.07, 6.45) is 3.65. The van der Waals surface area contributed by atoms with E-state index in [0.717, 1.165) is 6.42 Å². The number of halogens is 2. The number of hydrogen-bond acceptors (Lipinski definition) is 4. The van der Waals surface area contributed by atoms with Crippen LogP contribution in [0.1, 0.15) is 41.1 Å². The Hall–Kier alpha value is -3.61. The standard InChI is InChI=1S/C32H32Cl2N4O2/c33-26-8-6-24(7-9-26)31(39)37-17-14-23(15-18-37)30(36-28-12-10-27(34)11-13-28)29(20-35)32(40)38-19-16-25(21-38)22-4-2-1-3-5-22/h1-13,20,23,25H,14-19,21,35H2/t25-/m0/s1. The number of hydrogen-bond donors (Lipinski definition) is 1. The van der Waals surface area contributed by atoms with Crippen LogP contribution in [0.5, 0.6) is 0 Å². The normalized spacial score (nSPS) is 18.7. The van der Waals surface area contributed by atoms with E-state index in [1.165, 1.54) is 11.8 Å². The van der Waals surface area contributed by atoms with Crippen molar-refractivity contribution in [1.29, 1.82) is 0 Å². The molecule has 2 saturated heterocycles. The van der Waals surface area contributed by atoms with Gasteiger partial charge in [-0.3, -0.25) is 14.6 Å². The van der Waals surface area contributed by atoms with Crippen molar-refractivity contribution < 1.29 is 9.59 Å². The van der Waals surface area contributed by atoms with E-state index >= 15 is 0 Å². The minimum Gasteiger partial charge on any atom is -0.404 e. The van der Waals surface area contributed by atoms with Crippen molar-refractivity contribution >= 4 is 46.4 Å². The lowest BCUT2D eigenvalue weighted by Gasteiger charge is -2.33. The van der Waals surface area contributed by atoms with E-state index in [1.54, 1.807) is 36.4 Å². The van der Waals surface area contributed by atoms with Gasteiger partial charge in [0.1, 0.15) is 0 Å². The van der Waals surface area contributed by atoms with Gasteiger partial charge in [0.25, 0.3) is 11.8 Å². The van der Waals surface area contributed by atoms with E-state index < -0.39 is 0 Å². The zero-order chi connectivity index (χ0) is 28.1. The first-order chi connectivity index (χ1) is 19.4. The van der Waals surface area contributed by atoms with Crippen molar-refractivity contribution in [3.05, 3.63) is 112 Å². The zero-order valence-corrected chi connectivity index (χ0v) is 23.7. The molecule has 2 aliphatic heterocycles. The van der Waals surface area contributed by atoms with Crippen LogP contribution in [0.25, 0.3) is 0 Å². The van der Waals surface area contributed by atoms with E-state index in [2.05, 4.69) is 12.1 Å². The summed E-state index contributed by atoms with van der Waals surface area (Å²) < 4.78 is 0. The largest absolute Gasteiger partial charge is 0.404 e. The maximum atomic E-state index is 13.9. The summed E-state index contributed by atoms with van der Waals surface area (Å²) in [7, 11) is 0. The number of aliphatic imine (C=N–C) groups is 1. The molecule has 5 rings (SSSR count). The fourth-order valence-electron chi connectivity index (χ4n) is 5.54. The molecule has 6 nitrogen and oxygen atoms in total. The van der Waals surface area contributed by atoms with Crippen molar-refractivity contribution in [2.45, 2.75) is 25.2 Å². The van der Waals surface area contributed by atoms with Crippen molar-refractivity contribution in [1.82, 2.24) is 9.80 Å². The fourth-order valence-corrected chi connectivity index (χ4v) is 5.79. The number of likely N-dealkylation sites (tertiary alicyclic amines) is 2. The molecule has 2 aliphatic rings. The number of nitrogens with two attached hydrogens (primary N) is 1. The Bertz CT molecular complexity index is 1400. The Morgan fingerprint density at radius 2 is 1.40 bits per heavy atom. The van der Waals surface area contributed by atoms with Crippen molar-refractivity contribution in [3.63, 3.8) is 0 Å². The van der Waals surface area contributed by atoms with Gasteiger partial charge in [0.2, 0.25) is 0 Å². The number of rotatable bonds is 6. The number of carbonyl (C=O) groups is 2. The van der Waals surface area contributed by atoms with E-state index in [9.17, 15) is 9.59 Å². The van der Waals surface area contributed by atoms with Gasteiger partial charge < -0.3 is 15.5 Å². The summed E-state index contributed by atoms with van der Waals surface area (Å²) in [5.41, 5.74) is 9.79. The summed E-state index contributed by atoms with van der Waals surface area (Å²) in [6.45, 7) is 2.41. The molecule has 0 aromatic heterocycles. The first kappa shape index (κ1) is 27.9. The first-order valence-electron chi connectivity index (χ1n) is 13.6. The van der Waals surface area contributed by atoms with Crippen LogP contribution in [0.4, 0.5) is 5.69 Å². The number of piperidine rings is 1. The summed E-state index contributed by atoms with van der Waals surface area (Å²) in [5, 5.41) is 1.21. The lowest BCUT2D eigenvalue weighted by Crippen LogP contribution is -2.42. The van der Waals surface area contributed by atoms with E-state index in [1.807, 2.05) is 40.1 Å². The van der Waals surface area contributed by atoms with E-state index in [4.69, 9.17) is 33.9 Å². The highest BCUT2D eigenvalue weighted by Gasteiger charge is 2.34. The number of nitrogens with zero attached hydrogens (tertiary/aromatic N) is 3. The van der Waals surface area contributed by atoms with Crippen LogP contribution in [0.15, 0.2) is 95.6 Å². The summed E-state index contributed by atoms with van der Waals surface area (Å²) in [4.78, 5) is 35.6. The molecule has 0 radical (unpaired) electrons.